The van der Waals surface area contributed by atoms with Crippen LogP contribution in [0.15, 0.2) is 0 Å². The second-order valence-electron chi connectivity index (χ2n) is 6.10. The van der Waals surface area contributed by atoms with E-state index < -0.39 is 0 Å². The summed E-state index contributed by atoms with van der Waals surface area (Å²) in [7, 11) is 0. The van der Waals surface area contributed by atoms with Crippen LogP contribution in [0, 0.1) is 11.3 Å². The average molecular weight is 200 g/mol. The number of hydrogen-bond acceptors (Lipinski definition) is 1. The first kappa shape index (κ1) is 14.0. The molecule has 0 saturated carbocycles. The van der Waals surface area contributed by atoms with Crippen molar-refractivity contribution in [1.82, 2.24) is 0 Å². The van der Waals surface area contributed by atoms with Gasteiger partial charge in [0.15, 0.2) is 0 Å². The van der Waals surface area contributed by atoms with Crippen LogP contribution in [0.4, 0.5) is 0 Å². The van der Waals surface area contributed by atoms with Crippen molar-refractivity contribution in [2.45, 2.75) is 72.8 Å². The number of unbranched alkanes of at least 4 members (excludes halogenated alkanes) is 1. The Balaban J connectivity index is 3.40. The van der Waals surface area contributed by atoms with Crippen LogP contribution in [0.3, 0.4) is 0 Å². The molecule has 0 aromatic heterocycles. The van der Waals surface area contributed by atoms with Gasteiger partial charge in [-0.25, -0.2) is 0 Å². The third kappa shape index (κ3) is 10.0. The molecule has 0 heterocycles. The van der Waals surface area contributed by atoms with E-state index in [9.17, 15) is 5.11 Å². The van der Waals surface area contributed by atoms with Crippen LogP contribution >= 0.6 is 0 Å². The zero-order valence-corrected chi connectivity index (χ0v) is 10.6. The summed E-state index contributed by atoms with van der Waals surface area (Å²) in [5, 5.41) is 9.75. The summed E-state index contributed by atoms with van der Waals surface area (Å²) >= 11 is 0. The maximum Gasteiger partial charge on any atom is 0.0545 e. The topological polar surface area (TPSA) is 20.2 Å². The molecule has 86 valence electrons. The van der Waals surface area contributed by atoms with Gasteiger partial charge in [-0.1, -0.05) is 53.9 Å². The van der Waals surface area contributed by atoms with E-state index in [1.807, 2.05) is 0 Å². The van der Waals surface area contributed by atoms with E-state index in [1.54, 1.807) is 0 Å². The van der Waals surface area contributed by atoms with Crippen LogP contribution in [0.25, 0.3) is 0 Å². The molecule has 1 unspecified atom stereocenters. The molecule has 0 rings (SSSR count). The summed E-state index contributed by atoms with van der Waals surface area (Å²) in [5.74, 6) is 0.801. The third-order valence-electron chi connectivity index (χ3n) is 2.42. The van der Waals surface area contributed by atoms with Gasteiger partial charge in [-0.2, -0.15) is 0 Å². The Kier molecular flexibility index (Phi) is 6.43. The maximum absolute atomic E-state index is 9.75. The van der Waals surface area contributed by atoms with Crippen molar-refractivity contribution >= 4 is 0 Å². The number of hydrogen-bond donors (Lipinski definition) is 1. The minimum Gasteiger partial charge on any atom is -0.393 e. The van der Waals surface area contributed by atoms with Crippen molar-refractivity contribution in [3.63, 3.8) is 0 Å². The van der Waals surface area contributed by atoms with E-state index in [0.717, 1.165) is 18.8 Å². The van der Waals surface area contributed by atoms with E-state index in [-0.39, 0.29) is 11.5 Å². The van der Waals surface area contributed by atoms with Crippen molar-refractivity contribution in [3.8, 4) is 0 Å². The Labute approximate surface area is 89.9 Å². The lowest BCUT2D eigenvalue weighted by Crippen LogP contribution is -2.17. The molecule has 0 aliphatic carbocycles. The number of aliphatic hydroxyl groups is 1. The van der Waals surface area contributed by atoms with Crippen molar-refractivity contribution in [3.05, 3.63) is 0 Å². The summed E-state index contributed by atoms with van der Waals surface area (Å²) in [6, 6.07) is 0. The van der Waals surface area contributed by atoms with E-state index in [1.165, 1.54) is 19.3 Å². The largest absolute Gasteiger partial charge is 0.393 e. The summed E-state index contributed by atoms with van der Waals surface area (Å²) in [6.45, 7) is 11.1. The van der Waals surface area contributed by atoms with Crippen LogP contribution in [-0.4, -0.2) is 11.2 Å². The lowest BCUT2D eigenvalue weighted by molar-refractivity contribution is 0.110. The lowest BCUT2D eigenvalue weighted by Gasteiger charge is -2.22. The molecule has 0 amide bonds. The van der Waals surface area contributed by atoms with E-state index in [2.05, 4.69) is 34.6 Å². The van der Waals surface area contributed by atoms with Crippen LogP contribution < -0.4 is 0 Å². The Morgan fingerprint density at radius 2 is 1.50 bits per heavy atom. The first-order chi connectivity index (χ1) is 6.31. The standard InChI is InChI=1S/C13H28O/c1-11(2)8-6-7-9-12(14)10-13(3,4)5/h11-12,14H,6-10H2,1-5H3. The SMILES string of the molecule is CC(C)CCCCC(O)CC(C)(C)C. The fourth-order valence-corrected chi connectivity index (χ4v) is 1.74. The average Bonchev–Trinajstić information content (AvgIpc) is 1.94. The highest BCUT2D eigenvalue weighted by Gasteiger charge is 2.15. The quantitative estimate of drug-likeness (QED) is 0.643. The molecule has 0 bridgehead atoms. The fourth-order valence-electron chi connectivity index (χ4n) is 1.74. The van der Waals surface area contributed by atoms with Crippen molar-refractivity contribution in [1.29, 1.82) is 0 Å². The van der Waals surface area contributed by atoms with Crippen molar-refractivity contribution in [2.24, 2.45) is 11.3 Å². The first-order valence-corrected chi connectivity index (χ1v) is 5.99. The lowest BCUT2D eigenvalue weighted by atomic mass is 9.87. The predicted molar refractivity (Wildman–Crippen MR) is 63.4 cm³/mol. The first-order valence-electron chi connectivity index (χ1n) is 5.99. The molecular formula is C13H28O. The maximum atomic E-state index is 9.75. The molecule has 1 heteroatoms. The van der Waals surface area contributed by atoms with Crippen molar-refractivity contribution in [2.75, 3.05) is 0 Å². The summed E-state index contributed by atoms with van der Waals surface area (Å²) in [5.41, 5.74) is 0.261. The minimum absolute atomic E-state index is 0.0952. The van der Waals surface area contributed by atoms with Crippen LogP contribution in [-0.2, 0) is 0 Å². The van der Waals surface area contributed by atoms with Gasteiger partial charge in [0.2, 0.25) is 0 Å². The second-order valence-corrected chi connectivity index (χ2v) is 6.10. The molecule has 14 heavy (non-hydrogen) atoms. The molecule has 0 spiro atoms. The molecule has 0 aliphatic rings. The van der Waals surface area contributed by atoms with Gasteiger partial charge in [-0.15, -0.1) is 0 Å². The van der Waals surface area contributed by atoms with Gasteiger partial charge in [0, 0.05) is 0 Å². The number of rotatable bonds is 6. The van der Waals surface area contributed by atoms with Crippen molar-refractivity contribution < 1.29 is 5.11 Å². The highest BCUT2D eigenvalue weighted by atomic mass is 16.3. The summed E-state index contributed by atoms with van der Waals surface area (Å²) in [4.78, 5) is 0. The zero-order valence-electron chi connectivity index (χ0n) is 10.6. The molecule has 1 N–H and O–H groups in total. The fraction of sp³-hybridized carbons (Fsp3) is 1.00. The highest BCUT2D eigenvalue weighted by Crippen LogP contribution is 2.23. The molecule has 0 fully saturated rings. The minimum atomic E-state index is -0.0952. The normalized spacial score (nSPS) is 14.8. The smallest absolute Gasteiger partial charge is 0.0545 e. The summed E-state index contributed by atoms with van der Waals surface area (Å²) in [6.07, 6.45) is 5.54. The van der Waals surface area contributed by atoms with Gasteiger partial charge in [-0.05, 0) is 24.2 Å². The monoisotopic (exact) mass is 200 g/mol. The molecular weight excluding hydrogens is 172 g/mol. The second kappa shape index (κ2) is 6.44. The van der Waals surface area contributed by atoms with Crippen LogP contribution in [0.1, 0.15) is 66.7 Å². The molecule has 0 aliphatic heterocycles. The Morgan fingerprint density at radius 3 is 1.93 bits per heavy atom. The van der Waals surface area contributed by atoms with Gasteiger partial charge in [0.05, 0.1) is 6.10 Å². The van der Waals surface area contributed by atoms with Crippen LogP contribution in [0.2, 0.25) is 0 Å². The Hall–Kier alpha value is -0.0400. The van der Waals surface area contributed by atoms with E-state index >= 15 is 0 Å². The van der Waals surface area contributed by atoms with Gasteiger partial charge in [-0.3, -0.25) is 0 Å². The molecule has 0 saturated heterocycles. The molecule has 1 atom stereocenters. The highest BCUT2D eigenvalue weighted by molar-refractivity contribution is 4.68. The summed E-state index contributed by atoms with van der Waals surface area (Å²) < 4.78 is 0. The Bertz CT molecular complexity index is 133. The van der Waals surface area contributed by atoms with Crippen LogP contribution in [0.5, 0.6) is 0 Å². The van der Waals surface area contributed by atoms with E-state index in [0.29, 0.717) is 0 Å². The van der Waals surface area contributed by atoms with E-state index in [4.69, 9.17) is 0 Å². The third-order valence-corrected chi connectivity index (χ3v) is 2.42. The molecule has 0 aromatic rings. The van der Waals surface area contributed by atoms with Gasteiger partial charge >= 0.3 is 0 Å². The van der Waals surface area contributed by atoms with Gasteiger partial charge in [0.25, 0.3) is 0 Å². The Morgan fingerprint density at radius 1 is 1.00 bits per heavy atom. The predicted octanol–water partition coefficient (Wildman–Crippen LogP) is 4.00. The number of aliphatic hydroxyl groups excluding tert-OH is 1. The molecule has 1 nitrogen and oxygen atoms in total. The van der Waals surface area contributed by atoms with Gasteiger partial charge in [0.1, 0.15) is 0 Å². The zero-order chi connectivity index (χ0) is 11.2. The van der Waals surface area contributed by atoms with Gasteiger partial charge < -0.3 is 5.11 Å². The molecule has 0 aromatic carbocycles. The molecule has 0 radical (unpaired) electrons.